The molecule has 1 N–H and O–H groups in total. The molecule has 0 radical (unpaired) electrons. The van der Waals surface area contributed by atoms with Crippen LogP contribution in [0, 0.1) is 23.2 Å². The second-order valence-corrected chi connectivity index (χ2v) is 8.44. The van der Waals surface area contributed by atoms with Crippen molar-refractivity contribution in [2.45, 2.75) is 67.2 Å². The highest BCUT2D eigenvalue weighted by molar-refractivity contribution is 4.83. The Hall–Kier alpha value is -0.0800. The molecule has 1 unspecified atom stereocenters. The molecular weight excluding hydrogens is 256 g/mol. The molecule has 1 heterocycles. The zero-order valence-corrected chi connectivity index (χ0v) is 15.5. The van der Waals surface area contributed by atoms with Crippen LogP contribution in [0.4, 0.5) is 0 Å². The topological polar surface area (TPSA) is 15.3 Å². The number of nitrogens with zero attached hydrogens (tertiary/aromatic N) is 1. The Morgan fingerprint density at radius 3 is 2.24 bits per heavy atom. The average Bonchev–Trinajstić information content (AvgIpc) is 2.38. The Balaban J connectivity index is 2.42. The van der Waals surface area contributed by atoms with Gasteiger partial charge in [-0.25, -0.2) is 0 Å². The number of nitrogens with one attached hydrogen (secondary N) is 1. The lowest BCUT2D eigenvalue weighted by atomic mass is 9.82. The Labute approximate surface area is 134 Å². The van der Waals surface area contributed by atoms with Gasteiger partial charge in [0.1, 0.15) is 0 Å². The predicted octanol–water partition coefficient (Wildman–Crippen LogP) is 4.41. The standard InChI is InChI=1S/C19H40N2/c1-7-10-19(6,14-20-13-16(2)3)15-21-11-8-18(9-12-21)17(4)5/h16-18,20H,7-15H2,1-6H3. The summed E-state index contributed by atoms with van der Waals surface area (Å²) >= 11 is 0. The van der Waals surface area contributed by atoms with Gasteiger partial charge in [-0.05, 0) is 62.1 Å². The molecule has 2 heteroatoms. The fourth-order valence-electron chi connectivity index (χ4n) is 3.81. The molecule has 21 heavy (non-hydrogen) atoms. The molecule has 0 aromatic rings. The molecule has 1 rings (SSSR count). The van der Waals surface area contributed by atoms with Crippen LogP contribution in [0.1, 0.15) is 67.2 Å². The quantitative estimate of drug-likeness (QED) is 0.678. The molecule has 2 nitrogen and oxygen atoms in total. The molecule has 1 atom stereocenters. The van der Waals surface area contributed by atoms with Gasteiger partial charge in [0.15, 0.2) is 0 Å². The summed E-state index contributed by atoms with van der Waals surface area (Å²) in [6, 6.07) is 0. The van der Waals surface area contributed by atoms with Crippen molar-refractivity contribution in [3.05, 3.63) is 0 Å². The zero-order chi connectivity index (χ0) is 15.9. The minimum absolute atomic E-state index is 0.439. The van der Waals surface area contributed by atoms with Gasteiger partial charge in [-0.15, -0.1) is 0 Å². The van der Waals surface area contributed by atoms with Crippen LogP contribution in [-0.4, -0.2) is 37.6 Å². The summed E-state index contributed by atoms with van der Waals surface area (Å²) in [6.45, 7) is 20.4. The third kappa shape index (κ3) is 7.15. The van der Waals surface area contributed by atoms with Gasteiger partial charge in [0, 0.05) is 13.1 Å². The molecule has 0 bridgehead atoms. The summed E-state index contributed by atoms with van der Waals surface area (Å²) in [4.78, 5) is 2.73. The third-order valence-corrected chi connectivity index (χ3v) is 5.14. The van der Waals surface area contributed by atoms with Crippen molar-refractivity contribution >= 4 is 0 Å². The molecule has 1 aliphatic heterocycles. The lowest BCUT2D eigenvalue weighted by Gasteiger charge is -2.40. The lowest BCUT2D eigenvalue weighted by molar-refractivity contribution is 0.0987. The fourth-order valence-corrected chi connectivity index (χ4v) is 3.81. The third-order valence-electron chi connectivity index (χ3n) is 5.14. The highest BCUT2D eigenvalue weighted by atomic mass is 15.1. The highest BCUT2D eigenvalue weighted by Gasteiger charge is 2.29. The Morgan fingerprint density at radius 2 is 1.76 bits per heavy atom. The number of piperidine rings is 1. The van der Waals surface area contributed by atoms with Gasteiger partial charge >= 0.3 is 0 Å². The van der Waals surface area contributed by atoms with E-state index in [0.29, 0.717) is 5.41 Å². The van der Waals surface area contributed by atoms with E-state index in [1.54, 1.807) is 0 Å². The van der Waals surface area contributed by atoms with E-state index in [0.717, 1.165) is 24.3 Å². The van der Waals surface area contributed by atoms with Crippen molar-refractivity contribution in [2.24, 2.45) is 23.2 Å². The summed E-state index contributed by atoms with van der Waals surface area (Å²) < 4.78 is 0. The van der Waals surface area contributed by atoms with Gasteiger partial charge in [0.05, 0.1) is 0 Å². The Bertz CT molecular complexity index is 267. The minimum atomic E-state index is 0.439. The van der Waals surface area contributed by atoms with Crippen LogP contribution < -0.4 is 5.32 Å². The van der Waals surface area contributed by atoms with Crippen LogP contribution in [0.25, 0.3) is 0 Å². The van der Waals surface area contributed by atoms with Gasteiger partial charge in [-0.3, -0.25) is 0 Å². The SMILES string of the molecule is CCCC(C)(CNCC(C)C)CN1CCC(C(C)C)CC1. The monoisotopic (exact) mass is 296 g/mol. The summed E-state index contributed by atoms with van der Waals surface area (Å²) in [5, 5.41) is 3.70. The molecule has 0 aromatic heterocycles. The van der Waals surface area contributed by atoms with Crippen molar-refractivity contribution in [1.82, 2.24) is 10.2 Å². The van der Waals surface area contributed by atoms with Crippen molar-refractivity contribution in [1.29, 1.82) is 0 Å². The fraction of sp³-hybridized carbons (Fsp3) is 1.00. The summed E-state index contributed by atoms with van der Waals surface area (Å²) in [6.07, 6.45) is 5.43. The maximum Gasteiger partial charge on any atom is 0.00475 e. The van der Waals surface area contributed by atoms with Gasteiger partial charge < -0.3 is 10.2 Å². The second-order valence-electron chi connectivity index (χ2n) is 8.44. The van der Waals surface area contributed by atoms with Crippen LogP contribution in [0.2, 0.25) is 0 Å². The molecule has 1 saturated heterocycles. The summed E-state index contributed by atoms with van der Waals surface area (Å²) in [7, 11) is 0. The molecular formula is C19H40N2. The van der Waals surface area contributed by atoms with Crippen molar-refractivity contribution in [2.75, 3.05) is 32.7 Å². The largest absolute Gasteiger partial charge is 0.316 e. The molecule has 0 amide bonds. The van der Waals surface area contributed by atoms with Gasteiger partial charge in [-0.2, -0.15) is 0 Å². The molecule has 0 aliphatic carbocycles. The Morgan fingerprint density at radius 1 is 1.14 bits per heavy atom. The molecule has 0 spiro atoms. The van der Waals surface area contributed by atoms with Gasteiger partial charge in [-0.1, -0.05) is 48.0 Å². The maximum absolute atomic E-state index is 3.70. The van der Waals surface area contributed by atoms with Crippen LogP contribution in [0.3, 0.4) is 0 Å². The maximum atomic E-state index is 3.70. The first kappa shape index (κ1) is 19.0. The normalized spacial score (nSPS) is 21.1. The Kier molecular flexibility index (Phi) is 8.26. The highest BCUT2D eigenvalue weighted by Crippen LogP contribution is 2.29. The molecule has 1 fully saturated rings. The molecule has 0 saturated carbocycles. The van der Waals surface area contributed by atoms with E-state index in [4.69, 9.17) is 0 Å². The predicted molar refractivity (Wildman–Crippen MR) is 94.7 cm³/mol. The first-order chi connectivity index (χ1) is 9.86. The number of hydrogen-bond acceptors (Lipinski definition) is 2. The van der Waals surface area contributed by atoms with E-state index in [1.165, 1.54) is 51.9 Å². The van der Waals surface area contributed by atoms with E-state index in [2.05, 4.69) is 51.8 Å². The van der Waals surface area contributed by atoms with Gasteiger partial charge in [0.25, 0.3) is 0 Å². The zero-order valence-electron chi connectivity index (χ0n) is 15.5. The summed E-state index contributed by atoms with van der Waals surface area (Å²) in [5.41, 5.74) is 0.439. The second kappa shape index (κ2) is 9.15. The molecule has 1 aliphatic rings. The van der Waals surface area contributed by atoms with Crippen molar-refractivity contribution in [3.63, 3.8) is 0 Å². The molecule has 126 valence electrons. The number of hydrogen-bond donors (Lipinski definition) is 1. The van der Waals surface area contributed by atoms with Crippen LogP contribution in [0.15, 0.2) is 0 Å². The first-order valence-electron chi connectivity index (χ1n) is 9.29. The van der Waals surface area contributed by atoms with E-state index >= 15 is 0 Å². The number of rotatable bonds is 9. The smallest absolute Gasteiger partial charge is 0.00475 e. The van der Waals surface area contributed by atoms with Gasteiger partial charge in [0.2, 0.25) is 0 Å². The van der Waals surface area contributed by atoms with E-state index in [-0.39, 0.29) is 0 Å². The van der Waals surface area contributed by atoms with E-state index < -0.39 is 0 Å². The first-order valence-corrected chi connectivity index (χ1v) is 9.29. The minimum Gasteiger partial charge on any atom is -0.316 e. The van der Waals surface area contributed by atoms with E-state index in [9.17, 15) is 0 Å². The average molecular weight is 297 g/mol. The van der Waals surface area contributed by atoms with Crippen molar-refractivity contribution in [3.8, 4) is 0 Å². The summed E-state index contributed by atoms with van der Waals surface area (Å²) in [5.74, 6) is 2.57. The van der Waals surface area contributed by atoms with Crippen LogP contribution in [-0.2, 0) is 0 Å². The lowest BCUT2D eigenvalue weighted by Crippen LogP contribution is -2.46. The van der Waals surface area contributed by atoms with E-state index in [1.807, 2.05) is 0 Å². The number of likely N-dealkylation sites (tertiary alicyclic amines) is 1. The van der Waals surface area contributed by atoms with Crippen LogP contribution >= 0.6 is 0 Å². The van der Waals surface area contributed by atoms with Crippen LogP contribution in [0.5, 0.6) is 0 Å². The van der Waals surface area contributed by atoms with Crippen molar-refractivity contribution < 1.29 is 0 Å². The molecule has 0 aromatic carbocycles.